The van der Waals surface area contributed by atoms with Gasteiger partial charge in [0.1, 0.15) is 5.75 Å². The van der Waals surface area contributed by atoms with Gasteiger partial charge in [-0.1, -0.05) is 15.9 Å². The van der Waals surface area contributed by atoms with Crippen LogP contribution in [-0.2, 0) is 13.3 Å². The maximum absolute atomic E-state index is 14.1. The zero-order chi connectivity index (χ0) is 26.1. The molecule has 0 unspecified atom stereocenters. The van der Waals surface area contributed by atoms with Crippen LogP contribution in [0.15, 0.2) is 41.0 Å². The Morgan fingerprint density at radius 2 is 1.56 bits per heavy atom. The number of carbonyl (C=O) groups is 1. The highest BCUT2D eigenvalue weighted by Gasteiger charge is 2.27. The molecule has 0 aliphatic rings. The van der Waals surface area contributed by atoms with Crippen LogP contribution >= 0.6 is 15.9 Å². The number of hydrogen-bond donors (Lipinski definition) is 1. The van der Waals surface area contributed by atoms with E-state index in [0.29, 0.717) is 5.75 Å². The third kappa shape index (κ3) is 4.96. The monoisotopic (exact) mass is 569 g/mol. The zero-order valence-electron chi connectivity index (χ0n) is 18.8. The predicted octanol–water partition coefficient (Wildman–Crippen LogP) is 5.49. The maximum atomic E-state index is 14.1. The number of nitrogens with zero attached hydrogens (tertiary/aromatic N) is 4. The summed E-state index contributed by atoms with van der Waals surface area (Å²) in [6, 6.07) is 8.61. The van der Waals surface area contributed by atoms with E-state index in [1.807, 2.05) is 12.1 Å². The zero-order valence-corrected chi connectivity index (χ0v) is 20.3. The summed E-state index contributed by atoms with van der Waals surface area (Å²) in [5.41, 5.74) is -0.268. The third-order valence-corrected chi connectivity index (χ3v) is 5.81. The van der Waals surface area contributed by atoms with Gasteiger partial charge in [-0.05, 0) is 44.2 Å². The summed E-state index contributed by atoms with van der Waals surface area (Å²) >= 11 is 3.33. The second-order valence-electron chi connectivity index (χ2n) is 7.67. The van der Waals surface area contributed by atoms with Crippen molar-refractivity contribution >= 4 is 27.5 Å². The summed E-state index contributed by atoms with van der Waals surface area (Å²) in [6.07, 6.45) is 1.54. The number of aryl methyl sites for hydroxylation is 1. The highest BCUT2D eigenvalue weighted by atomic mass is 79.9. The van der Waals surface area contributed by atoms with Crippen LogP contribution in [0.4, 0.5) is 27.6 Å². The predicted molar refractivity (Wildman–Crippen MR) is 122 cm³/mol. The Labute approximate surface area is 209 Å². The fourth-order valence-corrected chi connectivity index (χ4v) is 3.64. The number of aromatic nitrogens is 4. The van der Waals surface area contributed by atoms with Gasteiger partial charge in [0.25, 0.3) is 5.91 Å². The molecule has 1 N–H and O–H groups in total. The summed E-state index contributed by atoms with van der Waals surface area (Å²) in [4.78, 5) is 12.7. The normalized spacial score (nSPS) is 11.1. The quantitative estimate of drug-likeness (QED) is 0.181. The largest absolute Gasteiger partial charge is 0.471 e. The van der Waals surface area contributed by atoms with E-state index in [9.17, 15) is 26.7 Å². The Hall–Kier alpha value is -3.74. The van der Waals surface area contributed by atoms with Crippen LogP contribution in [0.5, 0.6) is 5.75 Å². The number of halogens is 6. The van der Waals surface area contributed by atoms with E-state index in [0.717, 1.165) is 9.15 Å². The van der Waals surface area contributed by atoms with E-state index in [-0.39, 0.29) is 29.5 Å². The Balaban J connectivity index is 1.48. The molecule has 4 aromatic rings. The van der Waals surface area contributed by atoms with Gasteiger partial charge in [-0.15, -0.1) is 0 Å². The molecule has 0 aliphatic carbocycles. The molecule has 4 rings (SSSR count). The lowest BCUT2D eigenvalue weighted by atomic mass is 10.1. The van der Waals surface area contributed by atoms with E-state index in [1.54, 1.807) is 18.3 Å². The van der Waals surface area contributed by atoms with Crippen molar-refractivity contribution in [1.29, 1.82) is 0 Å². The van der Waals surface area contributed by atoms with Crippen LogP contribution in [0, 0.1) is 42.9 Å². The number of benzene rings is 2. The van der Waals surface area contributed by atoms with Gasteiger partial charge in [0.05, 0.1) is 29.2 Å². The Kier molecular flexibility index (Phi) is 7.11. The van der Waals surface area contributed by atoms with Gasteiger partial charge in [-0.2, -0.15) is 10.2 Å². The lowest BCUT2D eigenvalue weighted by Crippen LogP contribution is -2.16. The number of anilines is 1. The standard InChI is InChI=1S/C23H17BrF5N5O2/c1-11-22(12(2)34(31-11)9-15-17(25)19(27)21(29)20(28)18(15)26)30-23(35)16-7-8-33(32-16)10-36-14-5-3-13(24)4-6-14/h3-8H,9-10H2,1-2H3,(H,30,35). The number of ether oxygens (including phenoxy) is 1. The van der Waals surface area contributed by atoms with Gasteiger partial charge < -0.3 is 10.1 Å². The molecule has 36 heavy (non-hydrogen) atoms. The summed E-state index contributed by atoms with van der Waals surface area (Å²) in [6.45, 7) is 2.30. The van der Waals surface area contributed by atoms with Gasteiger partial charge in [0.2, 0.25) is 5.82 Å². The molecule has 188 valence electrons. The number of nitrogens with one attached hydrogen (secondary N) is 1. The molecule has 0 radical (unpaired) electrons. The number of rotatable bonds is 7. The summed E-state index contributed by atoms with van der Waals surface area (Å²) in [5, 5.41) is 10.8. The smallest absolute Gasteiger partial charge is 0.276 e. The van der Waals surface area contributed by atoms with Crippen molar-refractivity contribution < 1.29 is 31.5 Å². The molecule has 0 saturated heterocycles. The molecular weight excluding hydrogens is 553 g/mol. The third-order valence-electron chi connectivity index (χ3n) is 5.28. The van der Waals surface area contributed by atoms with Gasteiger partial charge in [0.15, 0.2) is 35.7 Å². The van der Waals surface area contributed by atoms with Gasteiger partial charge in [0, 0.05) is 10.7 Å². The van der Waals surface area contributed by atoms with Gasteiger partial charge >= 0.3 is 0 Å². The van der Waals surface area contributed by atoms with Crippen molar-refractivity contribution in [2.45, 2.75) is 27.1 Å². The van der Waals surface area contributed by atoms with Gasteiger partial charge in [-0.3, -0.25) is 9.48 Å². The molecule has 0 atom stereocenters. The molecule has 0 aliphatic heterocycles. The van der Waals surface area contributed by atoms with E-state index in [2.05, 4.69) is 31.4 Å². The first-order chi connectivity index (χ1) is 17.1. The minimum Gasteiger partial charge on any atom is -0.471 e. The number of amides is 1. The molecule has 2 heterocycles. The minimum absolute atomic E-state index is 0.0484. The average molecular weight is 570 g/mol. The molecule has 2 aromatic carbocycles. The van der Waals surface area contributed by atoms with Crippen molar-refractivity contribution in [3.63, 3.8) is 0 Å². The average Bonchev–Trinajstić information content (AvgIpc) is 3.44. The molecule has 1 amide bonds. The maximum Gasteiger partial charge on any atom is 0.276 e. The first kappa shape index (κ1) is 25.4. The van der Waals surface area contributed by atoms with Crippen LogP contribution in [0.2, 0.25) is 0 Å². The molecule has 7 nitrogen and oxygen atoms in total. The van der Waals surface area contributed by atoms with Crippen LogP contribution in [-0.4, -0.2) is 25.5 Å². The van der Waals surface area contributed by atoms with E-state index in [1.165, 1.54) is 24.6 Å². The molecular formula is C23H17BrF5N5O2. The lowest BCUT2D eigenvalue weighted by molar-refractivity contribution is 0.102. The fraction of sp³-hybridized carbons (Fsp3) is 0.174. The minimum atomic E-state index is -2.24. The molecule has 0 bridgehead atoms. The van der Waals surface area contributed by atoms with Crippen molar-refractivity contribution in [2.75, 3.05) is 5.32 Å². The van der Waals surface area contributed by atoms with Crippen LogP contribution in [0.1, 0.15) is 27.4 Å². The van der Waals surface area contributed by atoms with Crippen LogP contribution in [0.25, 0.3) is 0 Å². The summed E-state index contributed by atoms with van der Waals surface area (Å²) in [7, 11) is 0. The molecule has 2 aromatic heterocycles. The Bertz CT molecular complexity index is 1420. The summed E-state index contributed by atoms with van der Waals surface area (Å²) < 4.78 is 77.6. The van der Waals surface area contributed by atoms with E-state index >= 15 is 0 Å². The molecule has 13 heteroatoms. The number of carbonyl (C=O) groups excluding carboxylic acids is 1. The summed E-state index contributed by atoms with van der Waals surface area (Å²) in [5.74, 6) is -10.2. The van der Waals surface area contributed by atoms with Crippen molar-refractivity contribution in [3.8, 4) is 5.75 Å². The fourth-order valence-electron chi connectivity index (χ4n) is 3.37. The molecule has 0 fully saturated rings. The molecule has 0 saturated carbocycles. The van der Waals surface area contributed by atoms with Gasteiger partial charge in [-0.25, -0.2) is 26.6 Å². The highest BCUT2D eigenvalue weighted by molar-refractivity contribution is 9.10. The SMILES string of the molecule is Cc1nn(Cc2c(F)c(F)c(F)c(F)c2F)c(C)c1NC(=O)c1ccn(COc2ccc(Br)cc2)n1. The Morgan fingerprint density at radius 3 is 2.19 bits per heavy atom. The highest BCUT2D eigenvalue weighted by Crippen LogP contribution is 2.26. The lowest BCUT2D eigenvalue weighted by Gasteiger charge is -2.10. The van der Waals surface area contributed by atoms with Crippen molar-refractivity contribution in [1.82, 2.24) is 19.6 Å². The number of hydrogen-bond acceptors (Lipinski definition) is 4. The Morgan fingerprint density at radius 1 is 0.944 bits per heavy atom. The molecule has 0 spiro atoms. The van der Waals surface area contributed by atoms with Crippen molar-refractivity contribution in [2.24, 2.45) is 0 Å². The second-order valence-corrected chi connectivity index (χ2v) is 8.59. The van der Waals surface area contributed by atoms with Crippen molar-refractivity contribution in [3.05, 3.63) is 92.7 Å². The van der Waals surface area contributed by atoms with Crippen LogP contribution < -0.4 is 10.1 Å². The van der Waals surface area contributed by atoms with E-state index in [4.69, 9.17) is 4.74 Å². The first-order valence-electron chi connectivity index (χ1n) is 10.3. The van der Waals surface area contributed by atoms with E-state index < -0.39 is 47.1 Å². The van der Waals surface area contributed by atoms with Crippen LogP contribution in [0.3, 0.4) is 0 Å². The first-order valence-corrected chi connectivity index (χ1v) is 11.1. The second kappa shape index (κ2) is 10.1. The topological polar surface area (TPSA) is 74.0 Å².